The van der Waals surface area contributed by atoms with Crippen LogP contribution in [0.4, 0.5) is 0 Å². The topological polar surface area (TPSA) is 64.3 Å². The minimum absolute atomic E-state index is 0.0789. The van der Waals surface area contributed by atoms with E-state index >= 15 is 0 Å². The monoisotopic (exact) mass is 202 g/mol. The van der Waals surface area contributed by atoms with Crippen LogP contribution >= 0.6 is 0 Å². The third-order valence-corrected chi connectivity index (χ3v) is 1.91. The first-order valence-electron chi connectivity index (χ1n) is 5.07. The van der Waals surface area contributed by atoms with Gasteiger partial charge in [0.2, 0.25) is 5.91 Å². The van der Waals surface area contributed by atoms with Gasteiger partial charge in [0.05, 0.1) is 0 Å². The molecule has 0 rings (SSSR count). The van der Waals surface area contributed by atoms with Gasteiger partial charge in [0.15, 0.2) is 0 Å². The van der Waals surface area contributed by atoms with Gasteiger partial charge < -0.3 is 15.8 Å². The maximum Gasteiger partial charge on any atom is 0.220 e. The molecule has 0 bridgehead atoms. The van der Waals surface area contributed by atoms with E-state index in [9.17, 15) is 4.79 Å². The van der Waals surface area contributed by atoms with Crippen molar-refractivity contribution in [1.29, 1.82) is 0 Å². The number of methoxy groups -OCH3 is 1. The number of hydrogen-bond acceptors (Lipinski definition) is 3. The number of carbonyl (C=O) groups is 1. The van der Waals surface area contributed by atoms with Crippen molar-refractivity contribution in [3.63, 3.8) is 0 Å². The third kappa shape index (κ3) is 8.01. The SMILES string of the molecule is COCC(C)CC(=O)NCCC(C)N. The van der Waals surface area contributed by atoms with Crippen LogP contribution in [0, 0.1) is 5.92 Å². The van der Waals surface area contributed by atoms with E-state index in [1.165, 1.54) is 0 Å². The van der Waals surface area contributed by atoms with E-state index in [-0.39, 0.29) is 17.9 Å². The van der Waals surface area contributed by atoms with Crippen molar-refractivity contribution in [1.82, 2.24) is 5.32 Å². The molecule has 4 heteroatoms. The van der Waals surface area contributed by atoms with E-state index in [0.717, 1.165) is 6.42 Å². The van der Waals surface area contributed by atoms with Gasteiger partial charge >= 0.3 is 0 Å². The Morgan fingerprint density at radius 1 is 1.50 bits per heavy atom. The predicted octanol–water partition coefficient (Wildman–Crippen LogP) is 0.513. The molecule has 3 N–H and O–H groups in total. The van der Waals surface area contributed by atoms with Crippen molar-refractivity contribution in [2.24, 2.45) is 11.7 Å². The molecule has 0 saturated heterocycles. The van der Waals surface area contributed by atoms with Crippen molar-refractivity contribution >= 4 is 5.91 Å². The number of hydrogen-bond donors (Lipinski definition) is 2. The molecule has 0 aromatic rings. The van der Waals surface area contributed by atoms with Crippen LogP contribution in [0.1, 0.15) is 26.7 Å². The van der Waals surface area contributed by atoms with Crippen molar-refractivity contribution < 1.29 is 9.53 Å². The normalized spacial score (nSPS) is 14.9. The Bertz CT molecular complexity index is 160. The summed E-state index contributed by atoms with van der Waals surface area (Å²) in [6.07, 6.45) is 1.34. The van der Waals surface area contributed by atoms with Gasteiger partial charge in [0, 0.05) is 32.7 Å². The van der Waals surface area contributed by atoms with Gasteiger partial charge in [-0.15, -0.1) is 0 Å². The van der Waals surface area contributed by atoms with E-state index < -0.39 is 0 Å². The number of carbonyl (C=O) groups excluding carboxylic acids is 1. The first kappa shape index (κ1) is 13.4. The summed E-state index contributed by atoms with van der Waals surface area (Å²) < 4.78 is 4.95. The second-order valence-electron chi connectivity index (χ2n) is 3.88. The fraction of sp³-hybridized carbons (Fsp3) is 0.900. The van der Waals surface area contributed by atoms with Crippen molar-refractivity contribution in [2.45, 2.75) is 32.7 Å². The van der Waals surface area contributed by atoms with Crippen LogP contribution in [0.5, 0.6) is 0 Å². The zero-order valence-corrected chi connectivity index (χ0v) is 9.38. The van der Waals surface area contributed by atoms with E-state index in [0.29, 0.717) is 19.6 Å². The van der Waals surface area contributed by atoms with Crippen LogP contribution in [0.25, 0.3) is 0 Å². The molecule has 0 aliphatic carbocycles. The highest BCUT2D eigenvalue weighted by Crippen LogP contribution is 2.01. The van der Waals surface area contributed by atoms with Gasteiger partial charge in [-0.25, -0.2) is 0 Å². The molecule has 0 heterocycles. The van der Waals surface area contributed by atoms with E-state index in [1.54, 1.807) is 7.11 Å². The standard InChI is InChI=1S/C10H22N2O2/c1-8(7-14-3)6-10(13)12-5-4-9(2)11/h8-9H,4-7,11H2,1-3H3,(H,12,13). The molecule has 0 fully saturated rings. The van der Waals surface area contributed by atoms with Gasteiger partial charge in [0.25, 0.3) is 0 Å². The molecule has 0 spiro atoms. The fourth-order valence-electron chi connectivity index (χ4n) is 1.17. The lowest BCUT2D eigenvalue weighted by Gasteiger charge is -2.11. The molecule has 1 amide bonds. The van der Waals surface area contributed by atoms with Gasteiger partial charge in [-0.2, -0.15) is 0 Å². The Morgan fingerprint density at radius 2 is 2.14 bits per heavy atom. The van der Waals surface area contributed by atoms with E-state index in [2.05, 4.69) is 5.32 Å². The lowest BCUT2D eigenvalue weighted by molar-refractivity contribution is -0.122. The molecule has 0 aromatic heterocycles. The molecule has 0 aliphatic heterocycles. The highest BCUT2D eigenvalue weighted by atomic mass is 16.5. The first-order valence-corrected chi connectivity index (χ1v) is 5.07. The summed E-state index contributed by atoms with van der Waals surface area (Å²) in [6, 6.07) is 0.145. The van der Waals surface area contributed by atoms with E-state index in [1.807, 2.05) is 13.8 Å². The zero-order chi connectivity index (χ0) is 11.0. The van der Waals surface area contributed by atoms with Crippen molar-refractivity contribution in [2.75, 3.05) is 20.3 Å². The number of nitrogens with two attached hydrogens (primary N) is 1. The number of amides is 1. The lowest BCUT2D eigenvalue weighted by atomic mass is 10.1. The van der Waals surface area contributed by atoms with Crippen LogP contribution in [0.3, 0.4) is 0 Å². The Morgan fingerprint density at radius 3 is 2.64 bits per heavy atom. The summed E-state index contributed by atoms with van der Waals surface area (Å²) in [5.74, 6) is 0.352. The second kappa shape index (κ2) is 7.76. The molecule has 2 unspecified atom stereocenters. The summed E-state index contributed by atoms with van der Waals surface area (Å²) in [7, 11) is 1.64. The van der Waals surface area contributed by atoms with Crippen molar-refractivity contribution in [3.05, 3.63) is 0 Å². The molecule has 84 valence electrons. The first-order chi connectivity index (χ1) is 6.56. The Labute approximate surface area is 86.2 Å². The van der Waals surface area contributed by atoms with Crippen LogP contribution in [0.2, 0.25) is 0 Å². The predicted molar refractivity (Wildman–Crippen MR) is 56.9 cm³/mol. The summed E-state index contributed by atoms with van der Waals surface area (Å²) in [5.41, 5.74) is 5.56. The largest absolute Gasteiger partial charge is 0.384 e. The average Bonchev–Trinajstić information content (AvgIpc) is 2.03. The van der Waals surface area contributed by atoms with Gasteiger partial charge in [0.1, 0.15) is 0 Å². The molecule has 0 saturated carbocycles. The molecular weight excluding hydrogens is 180 g/mol. The Kier molecular flexibility index (Phi) is 7.42. The Hall–Kier alpha value is -0.610. The maximum atomic E-state index is 11.3. The summed E-state index contributed by atoms with van der Waals surface area (Å²) >= 11 is 0. The van der Waals surface area contributed by atoms with Crippen LogP contribution in [-0.2, 0) is 9.53 Å². The van der Waals surface area contributed by atoms with Gasteiger partial charge in [-0.3, -0.25) is 4.79 Å². The summed E-state index contributed by atoms with van der Waals surface area (Å²) in [5, 5.41) is 2.83. The highest BCUT2D eigenvalue weighted by Gasteiger charge is 2.08. The lowest BCUT2D eigenvalue weighted by Crippen LogP contribution is -2.30. The molecule has 4 nitrogen and oxygen atoms in total. The number of rotatable bonds is 7. The summed E-state index contributed by atoms with van der Waals surface area (Å²) in [4.78, 5) is 11.3. The molecule has 2 atom stereocenters. The molecule has 0 aliphatic rings. The molecule has 0 aromatic carbocycles. The zero-order valence-electron chi connectivity index (χ0n) is 9.38. The van der Waals surface area contributed by atoms with Crippen LogP contribution < -0.4 is 11.1 Å². The second-order valence-corrected chi connectivity index (χ2v) is 3.88. The number of nitrogens with one attached hydrogen (secondary N) is 1. The van der Waals surface area contributed by atoms with Gasteiger partial charge in [-0.05, 0) is 19.3 Å². The van der Waals surface area contributed by atoms with Crippen molar-refractivity contribution in [3.8, 4) is 0 Å². The minimum atomic E-state index is 0.0789. The molecular formula is C10H22N2O2. The fourth-order valence-corrected chi connectivity index (χ4v) is 1.17. The quantitative estimate of drug-likeness (QED) is 0.632. The number of ether oxygens (including phenoxy) is 1. The summed E-state index contributed by atoms with van der Waals surface area (Å²) in [6.45, 7) is 5.21. The molecule has 14 heavy (non-hydrogen) atoms. The molecule has 0 radical (unpaired) electrons. The minimum Gasteiger partial charge on any atom is -0.384 e. The van der Waals surface area contributed by atoms with E-state index in [4.69, 9.17) is 10.5 Å². The van der Waals surface area contributed by atoms with Gasteiger partial charge in [-0.1, -0.05) is 6.92 Å². The van der Waals surface area contributed by atoms with Crippen LogP contribution in [0.15, 0.2) is 0 Å². The Balaban J connectivity index is 3.45. The average molecular weight is 202 g/mol. The third-order valence-electron chi connectivity index (χ3n) is 1.91. The highest BCUT2D eigenvalue weighted by molar-refractivity contribution is 5.76. The van der Waals surface area contributed by atoms with Crippen LogP contribution in [-0.4, -0.2) is 32.2 Å². The maximum absolute atomic E-state index is 11.3. The smallest absolute Gasteiger partial charge is 0.220 e.